The minimum absolute atomic E-state index is 0. The standard InChI is InChI=1S/C15H23ClN4O2S.HI/c1-17-15(20-11-14(21)18-7-9-22-2)19-8-10-23-13-5-3-12(16)4-6-13;/h3-6H,7-11H2,1-2H3,(H,18,21)(H2,17,19,20);1H. The molecule has 0 aliphatic rings. The van der Waals surface area contributed by atoms with Gasteiger partial charge in [-0.3, -0.25) is 9.79 Å². The normalized spacial score (nSPS) is 10.7. The number of guanidine groups is 1. The number of methoxy groups -OCH3 is 1. The van der Waals surface area contributed by atoms with Gasteiger partial charge in [-0.2, -0.15) is 0 Å². The molecule has 9 heteroatoms. The van der Waals surface area contributed by atoms with E-state index in [1.807, 2.05) is 24.3 Å². The first-order chi connectivity index (χ1) is 11.2. The van der Waals surface area contributed by atoms with Crippen LogP contribution in [-0.4, -0.2) is 58.0 Å². The van der Waals surface area contributed by atoms with Crippen LogP contribution >= 0.6 is 47.3 Å². The summed E-state index contributed by atoms with van der Waals surface area (Å²) in [6.45, 7) is 1.91. The number of aliphatic imine (C=N–C) groups is 1. The molecule has 0 aromatic heterocycles. The van der Waals surface area contributed by atoms with Crippen LogP contribution in [0.1, 0.15) is 0 Å². The number of hydrogen-bond donors (Lipinski definition) is 3. The Morgan fingerprint density at radius 1 is 1.21 bits per heavy atom. The lowest BCUT2D eigenvalue weighted by molar-refractivity contribution is -0.120. The summed E-state index contributed by atoms with van der Waals surface area (Å²) in [4.78, 5) is 16.8. The number of carbonyl (C=O) groups is 1. The van der Waals surface area contributed by atoms with Gasteiger partial charge in [-0.25, -0.2) is 0 Å². The first-order valence-electron chi connectivity index (χ1n) is 7.24. The molecule has 1 rings (SSSR count). The molecular formula is C15H24ClIN4O2S. The molecule has 0 fully saturated rings. The average Bonchev–Trinajstić information content (AvgIpc) is 2.56. The highest BCUT2D eigenvalue weighted by Gasteiger charge is 2.03. The Hall–Kier alpha value is -0.710. The number of thioether (sulfide) groups is 1. The highest BCUT2D eigenvalue weighted by atomic mass is 127. The Balaban J connectivity index is 0.00000529. The average molecular weight is 487 g/mol. The summed E-state index contributed by atoms with van der Waals surface area (Å²) in [6.07, 6.45) is 0. The van der Waals surface area contributed by atoms with Crippen molar-refractivity contribution in [1.29, 1.82) is 0 Å². The Bertz CT molecular complexity index is 503. The second kappa shape index (κ2) is 14.6. The van der Waals surface area contributed by atoms with Crippen molar-refractivity contribution in [3.8, 4) is 0 Å². The first kappa shape index (κ1) is 23.3. The van der Waals surface area contributed by atoms with Gasteiger partial charge < -0.3 is 20.7 Å². The van der Waals surface area contributed by atoms with E-state index in [0.717, 1.165) is 22.2 Å². The highest BCUT2D eigenvalue weighted by molar-refractivity contribution is 14.0. The van der Waals surface area contributed by atoms with Crippen molar-refractivity contribution in [2.24, 2.45) is 4.99 Å². The Kier molecular flexibility index (Phi) is 14.2. The minimum atomic E-state index is -0.0967. The molecule has 0 unspecified atom stereocenters. The van der Waals surface area contributed by atoms with Crippen molar-refractivity contribution in [3.05, 3.63) is 29.3 Å². The molecule has 6 nitrogen and oxygen atoms in total. The molecule has 0 radical (unpaired) electrons. The number of hydrogen-bond acceptors (Lipinski definition) is 4. The molecule has 0 bridgehead atoms. The number of ether oxygens (including phenoxy) is 1. The van der Waals surface area contributed by atoms with E-state index in [-0.39, 0.29) is 36.4 Å². The molecule has 0 spiro atoms. The predicted octanol–water partition coefficient (Wildman–Crippen LogP) is 1.98. The number of halogens is 2. The molecule has 0 heterocycles. The maximum atomic E-state index is 11.6. The molecule has 0 atom stereocenters. The van der Waals surface area contributed by atoms with Crippen LogP contribution in [0.5, 0.6) is 0 Å². The first-order valence-corrected chi connectivity index (χ1v) is 8.60. The van der Waals surface area contributed by atoms with Gasteiger partial charge in [0.2, 0.25) is 5.91 Å². The Labute approximate surface area is 169 Å². The fraction of sp³-hybridized carbons (Fsp3) is 0.467. The van der Waals surface area contributed by atoms with E-state index in [9.17, 15) is 4.79 Å². The van der Waals surface area contributed by atoms with Crippen LogP contribution in [0.25, 0.3) is 0 Å². The zero-order chi connectivity index (χ0) is 16.9. The maximum absolute atomic E-state index is 11.6. The third-order valence-corrected chi connectivity index (χ3v) is 4.01. The van der Waals surface area contributed by atoms with Gasteiger partial charge >= 0.3 is 0 Å². The van der Waals surface area contributed by atoms with Gasteiger partial charge in [0.1, 0.15) is 0 Å². The molecule has 0 saturated heterocycles. The lowest BCUT2D eigenvalue weighted by Crippen LogP contribution is -2.44. The zero-order valence-corrected chi connectivity index (χ0v) is 17.7. The molecule has 0 aliphatic heterocycles. The van der Waals surface area contributed by atoms with Gasteiger partial charge in [-0.15, -0.1) is 35.7 Å². The van der Waals surface area contributed by atoms with E-state index < -0.39 is 0 Å². The van der Waals surface area contributed by atoms with Gasteiger partial charge in [0, 0.05) is 42.9 Å². The number of nitrogens with one attached hydrogen (secondary N) is 3. The summed E-state index contributed by atoms with van der Waals surface area (Å²) < 4.78 is 4.87. The van der Waals surface area contributed by atoms with Gasteiger partial charge in [0.15, 0.2) is 5.96 Å². The molecule has 1 aromatic rings. The van der Waals surface area contributed by atoms with Crippen molar-refractivity contribution in [3.63, 3.8) is 0 Å². The molecule has 3 N–H and O–H groups in total. The molecule has 136 valence electrons. The predicted molar refractivity (Wildman–Crippen MR) is 112 cm³/mol. The molecule has 0 saturated carbocycles. The van der Waals surface area contributed by atoms with E-state index >= 15 is 0 Å². The van der Waals surface area contributed by atoms with E-state index in [4.69, 9.17) is 16.3 Å². The Morgan fingerprint density at radius 3 is 2.54 bits per heavy atom. The van der Waals surface area contributed by atoms with E-state index in [1.54, 1.807) is 25.9 Å². The molecule has 1 aromatic carbocycles. The summed E-state index contributed by atoms with van der Waals surface area (Å²) in [7, 11) is 3.27. The van der Waals surface area contributed by atoms with Gasteiger partial charge in [0.05, 0.1) is 13.2 Å². The van der Waals surface area contributed by atoms with Gasteiger partial charge in [-0.05, 0) is 24.3 Å². The fourth-order valence-electron chi connectivity index (χ4n) is 1.61. The smallest absolute Gasteiger partial charge is 0.239 e. The van der Waals surface area contributed by atoms with Gasteiger partial charge in [-0.1, -0.05) is 11.6 Å². The summed E-state index contributed by atoms with van der Waals surface area (Å²) >= 11 is 7.57. The monoisotopic (exact) mass is 486 g/mol. The largest absolute Gasteiger partial charge is 0.383 e. The van der Waals surface area contributed by atoms with E-state index in [1.165, 1.54) is 0 Å². The van der Waals surface area contributed by atoms with Crippen LogP contribution in [-0.2, 0) is 9.53 Å². The fourth-order valence-corrected chi connectivity index (χ4v) is 2.50. The quantitative estimate of drug-likeness (QED) is 0.164. The van der Waals surface area contributed by atoms with Crippen molar-refractivity contribution < 1.29 is 9.53 Å². The number of benzene rings is 1. The van der Waals surface area contributed by atoms with Crippen molar-refractivity contribution in [2.75, 3.05) is 46.2 Å². The van der Waals surface area contributed by atoms with Crippen LogP contribution in [0, 0.1) is 0 Å². The number of amides is 1. The van der Waals surface area contributed by atoms with Crippen molar-refractivity contribution in [2.45, 2.75) is 4.90 Å². The minimum Gasteiger partial charge on any atom is -0.383 e. The van der Waals surface area contributed by atoms with Crippen LogP contribution in [0.4, 0.5) is 0 Å². The zero-order valence-electron chi connectivity index (χ0n) is 13.8. The molecule has 1 amide bonds. The third-order valence-electron chi connectivity index (χ3n) is 2.75. The summed E-state index contributed by atoms with van der Waals surface area (Å²) in [5.41, 5.74) is 0. The Morgan fingerprint density at radius 2 is 1.92 bits per heavy atom. The van der Waals surface area contributed by atoms with Crippen LogP contribution in [0.2, 0.25) is 5.02 Å². The molecular weight excluding hydrogens is 463 g/mol. The van der Waals surface area contributed by atoms with E-state index in [0.29, 0.717) is 19.1 Å². The number of carbonyl (C=O) groups excluding carboxylic acids is 1. The molecule has 24 heavy (non-hydrogen) atoms. The lowest BCUT2D eigenvalue weighted by Gasteiger charge is -2.11. The summed E-state index contributed by atoms with van der Waals surface area (Å²) in [5.74, 6) is 1.38. The second-order valence-electron chi connectivity index (χ2n) is 4.50. The molecule has 0 aliphatic carbocycles. The third kappa shape index (κ3) is 11.0. The van der Waals surface area contributed by atoms with Crippen LogP contribution < -0.4 is 16.0 Å². The number of nitrogens with zero attached hydrogens (tertiary/aromatic N) is 1. The lowest BCUT2D eigenvalue weighted by atomic mass is 10.4. The van der Waals surface area contributed by atoms with Gasteiger partial charge in [0.25, 0.3) is 0 Å². The van der Waals surface area contributed by atoms with E-state index in [2.05, 4.69) is 20.9 Å². The number of rotatable bonds is 9. The van der Waals surface area contributed by atoms with Crippen LogP contribution in [0.3, 0.4) is 0 Å². The van der Waals surface area contributed by atoms with Crippen molar-refractivity contribution >= 4 is 59.2 Å². The maximum Gasteiger partial charge on any atom is 0.239 e. The SMILES string of the molecule is CN=C(NCCSc1ccc(Cl)cc1)NCC(=O)NCCOC.I. The van der Waals surface area contributed by atoms with Crippen LogP contribution in [0.15, 0.2) is 34.2 Å². The summed E-state index contributed by atoms with van der Waals surface area (Å²) in [5, 5.41) is 9.59. The summed E-state index contributed by atoms with van der Waals surface area (Å²) in [6, 6.07) is 7.73. The second-order valence-corrected chi connectivity index (χ2v) is 6.10. The highest BCUT2D eigenvalue weighted by Crippen LogP contribution is 2.19. The topological polar surface area (TPSA) is 74.8 Å². The van der Waals surface area contributed by atoms with Crippen molar-refractivity contribution in [1.82, 2.24) is 16.0 Å².